The molecule has 0 aromatic rings. The molecule has 72 valence electrons. The van der Waals surface area contributed by atoms with E-state index in [4.69, 9.17) is 0 Å². The predicted octanol–water partition coefficient (Wildman–Crippen LogP) is 2.71. The van der Waals surface area contributed by atoms with Gasteiger partial charge in [-0.05, 0) is 33.6 Å². The molecule has 0 radical (unpaired) electrons. The second kappa shape index (κ2) is 5.46. The summed E-state index contributed by atoms with van der Waals surface area (Å²) in [6, 6.07) is 0. The fourth-order valence-electron chi connectivity index (χ4n) is 0.574. The van der Waals surface area contributed by atoms with Gasteiger partial charge in [0.15, 0.2) is 0 Å². The zero-order valence-electron chi connectivity index (χ0n) is 8.46. The third kappa shape index (κ3) is 5.47. The van der Waals surface area contributed by atoms with Crippen molar-refractivity contribution in [3.05, 3.63) is 0 Å². The molecule has 0 aromatic heterocycles. The summed E-state index contributed by atoms with van der Waals surface area (Å²) in [7, 11) is -1.07. The van der Waals surface area contributed by atoms with Crippen molar-refractivity contribution in [3.63, 3.8) is 0 Å². The van der Waals surface area contributed by atoms with Crippen molar-refractivity contribution in [1.29, 1.82) is 0 Å². The first kappa shape index (κ1) is 11.8. The Bertz CT molecular complexity index is 170. The van der Waals surface area contributed by atoms with E-state index < -0.39 is 11.0 Å². The Kier molecular flexibility index (Phi) is 5.38. The standard InChI is InChI=1S/C9H19NOS/c1-5-6-7-8-10-12(11)9(2,3)4/h8H,5-7H2,1-4H3/t12-/m1/s1. The van der Waals surface area contributed by atoms with Gasteiger partial charge in [0.25, 0.3) is 0 Å². The average Bonchev–Trinajstić information content (AvgIpc) is 1.96. The Morgan fingerprint density at radius 2 is 2.00 bits per heavy atom. The SMILES string of the molecule is CCCCC=N[S@](=O)C(C)(C)C. The van der Waals surface area contributed by atoms with Crippen LogP contribution in [0.15, 0.2) is 4.40 Å². The Morgan fingerprint density at radius 1 is 1.42 bits per heavy atom. The van der Waals surface area contributed by atoms with Crippen molar-refractivity contribution in [2.45, 2.75) is 51.7 Å². The van der Waals surface area contributed by atoms with Crippen LogP contribution in [0.1, 0.15) is 47.0 Å². The van der Waals surface area contributed by atoms with Crippen LogP contribution in [-0.4, -0.2) is 15.2 Å². The van der Waals surface area contributed by atoms with Gasteiger partial charge in [0.05, 0.1) is 4.75 Å². The maximum absolute atomic E-state index is 11.3. The number of unbranched alkanes of at least 4 members (excludes halogenated alkanes) is 2. The molecule has 0 rings (SSSR count). The number of nitrogens with zero attached hydrogens (tertiary/aromatic N) is 1. The minimum atomic E-state index is -1.07. The third-order valence-electron chi connectivity index (χ3n) is 1.38. The van der Waals surface area contributed by atoms with Crippen molar-refractivity contribution in [2.24, 2.45) is 4.40 Å². The fourth-order valence-corrected chi connectivity index (χ4v) is 1.13. The van der Waals surface area contributed by atoms with E-state index in [1.165, 1.54) is 0 Å². The van der Waals surface area contributed by atoms with E-state index in [9.17, 15) is 4.21 Å². The van der Waals surface area contributed by atoms with Crippen LogP contribution < -0.4 is 0 Å². The molecule has 0 unspecified atom stereocenters. The normalized spacial score (nSPS) is 15.3. The largest absolute Gasteiger partial charge is 0.234 e. The van der Waals surface area contributed by atoms with Crippen LogP contribution in [0, 0.1) is 0 Å². The molecule has 3 heteroatoms. The number of hydrogen-bond donors (Lipinski definition) is 0. The molecule has 0 fully saturated rings. The van der Waals surface area contributed by atoms with Crippen molar-refractivity contribution < 1.29 is 4.21 Å². The summed E-state index contributed by atoms with van der Waals surface area (Å²) in [5, 5.41) is 0. The molecule has 0 aliphatic rings. The Hall–Kier alpha value is -0.180. The van der Waals surface area contributed by atoms with E-state index in [1.54, 1.807) is 6.21 Å². The molecule has 0 spiro atoms. The van der Waals surface area contributed by atoms with E-state index in [1.807, 2.05) is 20.8 Å². The van der Waals surface area contributed by atoms with Crippen molar-refractivity contribution >= 4 is 17.2 Å². The van der Waals surface area contributed by atoms with E-state index >= 15 is 0 Å². The summed E-state index contributed by atoms with van der Waals surface area (Å²) in [4.78, 5) is 0. The Morgan fingerprint density at radius 3 is 2.42 bits per heavy atom. The second-order valence-electron chi connectivity index (χ2n) is 3.79. The lowest BCUT2D eigenvalue weighted by atomic mass is 10.3. The minimum absolute atomic E-state index is 0.220. The molecule has 0 bridgehead atoms. The van der Waals surface area contributed by atoms with E-state index in [-0.39, 0.29) is 4.75 Å². The predicted molar refractivity (Wildman–Crippen MR) is 55.9 cm³/mol. The second-order valence-corrected chi connectivity index (χ2v) is 5.73. The van der Waals surface area contributed by atoms with E-state index in [2.05, 4.69) is 11.3 Å². The molecule has 0 saturated carbocycles. The molecular weight excluding hydrogens is 170 g/mol. The summed E-state index contributed by atoms with van der Waals surface area (Å²) < 4.78 is 15.1. The summed E-state index contributed by atoms with van der Waals surface area (Å²) >= 11 is 0. The molecule has 0 aromatic carbocycles. The highest BCUT2D eigenvalue weighted by Crippen LogP contribution is 2.11. The van der Waals surface area contributed by atoms with Gasteiger partial charge in [0, 0.05) is 6.21 Å². The first-order valence-electron chi connectivity index (χ1n) is 4.43. The van der Waals surface area contributed by atoms with Crippen LogP contribution >= 0.6 is 0 Å². The van der Waals surface area contributed by atoms with Gasteiger partial charge in [-0.25, -0.2) is 4.21 Å². The Labute approximate surface area is 78.1 Å². The highest BCUT2D eigenvalue weighted by atomic mass is 32.2. The average molecular weight is 189 g/mol. The maximum Gasteiger partial charge on any atom is 0.144 e. The van der Waals surface area contributed by atoms with Crippen molar-refractivity contribution in [2.75, 3.05) is 0 Å². The molecule has 0 heterocycles. The summed E-state index contributed by atoms with van der Waals surface area (Å²) in [6.07, 6.45) is 5.02. The lowest BCUT2D eigenvalue weighted by Gasteiger charge is -2.12. The summed E-state index contributed by atoms with van der Waals surface area (Å²) in [5.41, 5.74) is 0. The van der Waals surface area contributed by atoms with Gasteiger partial charge in [-0.2, -0.15) is 4.40 Å². The highest BCUT2D eigenvalue weighted by molar-refractivity contribution is 7.85. The van der Waals surface area contributed by atoms with Crippen molar-refractivity contribution in [1.82, 2.24) is 0 Å². The molecular formula is C9H19NOS. The molecule has 0 aliphatic carbocycles. The van der Waals surface area contributed by atoms with Crippen LogP contribution in [0.5, 0.6) is 0 Å². The third-order valence-corrected chi connectivity index (χ3v) is 2.77. The number of hydrogen-bond acceptors (Lipinski definition) is 1. The first-order chi connectivity index (χ1) is 5.48. The van der Waals surface area contributed by atoms with Crippen LogP contribution in [0.4, 0.5) is 0 Å². The highest BCUT2D eigenvalue weighted by Gasteiger charge is 2.17. The minimum Gasteiger partial charge on any atom is -0.234 e. The van der Waals surface area contributed by atoms with Crippen LogP contribution in [-0.2, 0) is 11.0 Å². The smallest absolute Gasteiger partial charge is 0.144 e. The molecule has 0 saturated heterocycles. The maximum atomic E-state index is 11.3. The molecule has 0 amide bonds. The van der Waals surface area contributed by atoms with Gasteiger partial charge in [-0.15, -0.1) is 0 Å². The van der Waals surface area contributed by atoms with Gasteiger partial charge in [0.2, 0.25) is 0 Å². The summed E-state index contributed by atoms with van der Waals surface area (Å²) in [6.45, 7) is 7.93. The van der Waals surface area contributed by atoms with Gasteiger partial charge < -0.3 is 0 Å². The van der Waals surface area contributed by atoms with Gasteiger partial charge >= 0.3 is 0 Å². The van der Waals surface area contributed by atoms with Crippen LogP contribution in [0.3, 0.4) is 0 Å². The van der Waals surface area contributed by atoms with Gasteiger partial charge in [0.1, 0.15) is 11.0 Å². The zero-order chi connectivity index (χ0) is 9.61. The lowest BCUT2D eigenvalue weighted by molar-refractivity contribution is 0.650. The zero-order valence-corrected chi connectivity index (χ0v) is 9.28. The van der Waals surface area contributed by atoms with Crippen LogP contribution in [0.25, 0.3) is 0 Å². The van der Waals surface area contributed by atoms with Crippen molar-refractivity contribution in [3.8, 4) is 0 Å². The molecule has 0 N–H and O–H groups in total. The van der Waals surface area contributed by atoms with Crippen LogP contribution in [0.2, 0.25) is 0 Å². The molecule has 0 aliphatic heterocycles. The van der Waals surface area contributed by atoms with Gasteiger partial charge in [-0.1, -0.05) is 13.3 Å². The Balaban J connectivity index is 3.77. The monoisotopic (exact) mass is 189 g/mol. The lowest BCUT2D eigenvalue weighted by Crippen LogP contribution is -2.19. The quantitative estimate of drug-likeness (QED) is 0.494. The molecule has 1 atom stereocenters. The first-order valence-corrected chi connectivity index (χ1v) is 5.53. The molecule has 12 heavy (non-hydrogen) atoms. The fraction of sp³-hybridized carbons (Fsp3) is 0.889. The van der Waals surface area contributed by atoms with E-state index in [0.29, 0.717) is 0 Å². The topological polar surface area (TPSA) is 29.4 Å². The van der Waals surface area contributed by atoms with E-state index in [0.717, 1.165) is 19.3 Å². The molecule has 2 nitrogen and oxygen atoms in total. The summed E-state index contributed by atoms with van der Waals surface area (Å²) in [5.74, 6) is 0. The number of rotatable bonds is 4. The van der Waals surface area contributed by atoms with Gasteiger partial charge in [-0.3, -0.25) is 0 Å².